The molecule has 2 aromatic heterocycles. The summed E-state index contributed by atoms with van der Waals surface area (Å²) >= 11 is 0. The van der Waals surface area contributed by atoms with Crippen molar-refractivity contribution in [2.75, 3.05) is 0 Å². The molecular weight excluding hydrogens is 254 g/mol. The van der Waals surface area contributed by atoms with Gasteiger partial charge in [0.1, 0.15) is 0 Å². The molecule has 0 spiro atoms. The fraction of sp³-hybridized carbons (Fsp3) is 0.267. The highest BCUT2D eigenvalue weighted by Gasteiger charge is 2.11. The van der Waals surface area contributed by atoms with E-state index in [1.165, 1.54) is 6.07 Å². The fourth-order valence-electron chi connectivity index (χ4n) is 2.04. The lowest BCUT2D eigenvalue weighted by Gasteiger charge is -2.13. The van der Waals surface area contributed by atoms with Crippen LogP contribution in [0.1, 0.15) is 28.5 Å². The van der Waals surface area contributed by atoms with Crippen LogP contribution in [-0.4, -0.2) is 21.9 Å². The van der Waals surface area contributed by atoms with E-state index in [9.17, 15) is 9.59 Å². The van der Waals surface area contributed by atoms with Gasteiger partial charge in [0.2, 0.25) is 5.56 Å². The van der Waals surface area contributed by atoms with Gasteiger partial charge in [0, 0.05) is 35.8 Å². The Labute approximate surface area is 117 Å². The number of hydrogen-bond donors (Lipinski definition) is 2. The normalized spacial score (nSPS) is 11.9. The maximum absolute atomic E-state index is 12.1. The molecule has 5 heteroatoms. The summed E-state index contributed by atoms with van der Waals surface area (Å²) in [6.07, 6.45) is 4.19. The Morgan fingerprint density at radius 1 is 1.45 bits per heavy atom. The summed E-state index contributed by atoms with van der Waals surface area (Å²) in [6, 6.07) is 6.76. The molecule has 0 aromatic carbocycles. The topological polar surface area (TPSA) is 74.8 Å². The second kappa shape index (κ2) is 6.14. The highest BCUT2D eigenvalue weighted by Crippen LogP contribution is 2.03. The third-order valence-corrected chi connectivity index (χ3v) is 2.88. The van der Waals surface area contributed by atoms with Crippen molar-refractivity contribution < 1.29 is 4.79 Å². The largest absolute Gasteiger partial charge is 0.349 e. The second-order valence-corrected chi connectivity index (χ2v) is 4.86. The van der Waals surface area contributed by atoms with Crippen LogP contribution in [-0.2, 0) is 6.42 Å². The summed E-state index contributed by atoms with van der Waals surface area (Å²) in [5.41, 5.74) is 1.84. The van der Waals surface area contributed by atoms with Gasteiger partial charge in [0.05, 0.1) is 0 Å². The lowest BCUT2D eigenvalue weighted by Crippen LogP contribution is -2.34. The van der Waals surface area contributed by atoms with E-state index in [4.69, 9.17) is 0 Å². The van der Waals surface area contributed by atoms with Gasteiger partial charge in [-0.3, -0.25) is 14.6 Å². The van der Waals surface area contributed by atoms with E-state index in [2.05, 4.69) is 15.3 Å². The average molecular weight is 271 g/mol. The number of hydrogen-bond acceptors (Lipinski definition) is 3. The molecule has 104 valence electrons. The first-order valence-corrected chi connectivity index (χ1v) is 6.45. The molecule has 0 saturated carbocycles. The van der Waals surface area contributed by atoms with Crippen molar-refractivity contribution in [3.8, 4) is 0 Å². The van der Waals surface area contributed by atoms with Gasteiger partial charge in [-0.1, -0.05) is 6.07 Å². The van der Waals surface area contributed by atoms with E-state index in [0.29, 0.717) is 17.7 Å². The summed E-state index contributed by atoms with van der Waals surface area (Å²) in [4.78, 5) is 30.1. The van der Waals surface area contributed by atoms with E-state index in [0.717, 1.165) is 5.56 Å². The van der Waals surface area contributed by atoms with E-state index in [1.807, 2.05) is 19.1 Å². The zero-order valence-corrected chi connectivity index (χ0v) is 11.5. The molecule has 0 bridgehead atoms. The highest BCUT2D eigenvalue weighted by atomic mass is 16.2. The Balaban J connectivity index is 2.02. The van der Waals surface area contributed by atoms with Crippen molar-refractivity contribution in [2.24, 2.45) is 0 Å². The highest BCUT2D eigenvalue weighted by molar-refractivity contribution is 5.94. The van der Waals surface area contributed by atoms with Gasteiger partial charge >= 0.3 is 0 Å². The molecule has 1 atom stereocenters. The maximum atomic E-state index is 12.1. The second-order valence-electron chi connectivity index (χ2n) is 4.86. The van der Waals surface area contributed by atoms with E-state index < -0.39 is 0 Å². The van der Waals surface area contributed by atoms with Crippen LogP contribution in [0.15, 0.2) is 41.5 Å². The van der Waals surface area contributed by atoms with Crippen molar-refractivity contribution in [1.82, 2.24) is 15.3 Å². The molecule has 0 unspecified atom stereocenters. The Morgan fingerprint density at radius 3 is 2.90 bits per heavy atom. The van der Waals surface area contributed by atoms with Gasteiger partial charge in [-0.2, -0.15) is 0 Å². The number of aromatic amines is 1. The Morgan fingerprint density at radius 2 is 2.25 bits per heavy atom. The van der Waals surface area contributed by atoms with Gasteiger partial charge in [-0.05, 0) is 38.0 Å². The van der Waals surface area contributed by atoms with Crippen LogP contribution in [0.3, 0.4) is 0 Å². The third-order valence-electron chi connectivity index (χ3n) is 2.88. The number of carbonyl (C=O) groups excluding carboxylic acids is 1. The summed E-state index contributed by atoms with van der Waals surface area (Å²) in [5, 5.41) is 2.88. The number of aromatic nitrogens is 2. The number of amides is 1. The molecule has 2 heterocycles. The summed E-state index contributed by atoms with van der Waals surface area (Å²) in [5.74, 6) is -0.240. The van der Waals surface area contributed by atoms with Crippen LogP contribution in [0.4, 0.5) is 0 Å². The first-order valence-electron chi connectivity index (χ1n) is 6.45. The van der Waals surface area contributed by atoms with Crippen LogP contribution < -0.4 is 10.9 Å². The lowest BCUT2D eigenvalue weighted by molar-refractivity contribution is 0.0939. The number of rotatable bonds is 4. The molecule has 0 aliphatic rings. The van der Waals surface area contributed by atoms with Gasteiger partial charge in [0.15, 0.2) is 0 Å². The zero-order valence-electron chi connectivity index (χ0n) is 11.5. The van der Waals surface area contributed by atoms with E-state index in [-0.39, 0.29) is 17.5 Å². The molecule has 2 N–H and O–H groups in total. The van der Waals surface area contributed by atoms with Gasteiger partial charge in [-0.15, -0.1) is 0 Å². The number of nitrogens with one attached hydrogen (secondary N) is 2. The summed E-state index contributed by atoms with van der Waals surface area (Å²) in [6.45, 7) is 3.67. The van der Waals surface area contributed by atoms with Gasteiger partial charge < -0.3 is 10.3 Å². The standard InChI is InChI=1S/C15H17N3O2/c1-10(6-12-4-3-5-16-9-12)18-15(20)13-7-11(2)17-14(19)8-13/h3-5,7-10H,6H2,1-2H3,(H,17,19)(H,18,20)/t10-/m0/s1. The smallest absolute Gasteiger partial charge is 0.251 e. The van der Waals surface area contributed by atoms with Crippen LogP contribution in [0.25, 0.3) is 0 Å². The van der Waals surface area contributed by atoms with Crippen molar-refractivity contribution in [1.29, 1.82) is 0 Å². The molecule has 2 aromatic rings. The first-order chi connectivity index (χ1) is 9.54. The number of pyridine rings is 2. The zero-order chi connectivity index (χ0) is 14.5. The number of H-pyrrole nitrogens is 1. The summed E-state index contributed by atoms with van der Waals surface area (Å²) < 4.78 is 0. The molecule has 2 rings (SSSR count). The van der Waals surface area contributed by atoms with Gasteiger partial charge in [0.25, 0.3) is 5.91 Å². The minimum atomic E-state index is -0.268. The molecule has 0 aliphatic heterocycles. The minimum Gasteiger partial charge on any atom is -0.349 e. The van der Waals surface area contributed by atoms with E-state index in [1.54, 1.807) is 25.4 Å². The van der Waals surface area contributed by atoms with Crippen molar-refractivity contribution in [2.45, 2.75) is 26.3 Å². The third kappa shape index (κ3) is 3.78. The molecule has 20 heavy (non-hydrogen) atoms. The van der Waals surface area contributed by atoms with Crippen molar-refractivity contribution in [3.05, 3.63) is 63.8 Å². The number of carbonyl (C=O) groups is 1. The van der Waals surface area contributed by atoms with Crippen LogP contribution in [0.5, 0.6) is 0 Å². The SMILES string of the molecule is Cc1cc(C(=O)N[C@@H](C)Cc2cccnc2)cc(=O)[nH]1. The molecule has 5 nitrogen and oxygen atoms in total. The number of nitrogens with zero attached hydrogens (tertiary/aromatic N) is 1. The lowest BCUT2D eigenvalue weighted by atomic mass is 10.1. The quantitative estimate of drug-likeness (QED) is 0.883. The van der Waals surface area contributed by atoms with Gasteiger partial charge in [-0.25, -0.2) is 0 Å². The monoisotopic (exact) mass is 271 g/mol. The maximum Gasteiger partial charge on any atom is 0.251 e. The van der Waals surface area contributed by atoms with E-state index >= 15 is 0 Å². The van der Waals surface area contributed by atoms with Crippen LogP contribution >= 0.6 is 0 Å². The van der Waals surface area contributed by atoms with Crippen LogP contribution in [0.2, 0.25) is 0 Å². The predicted octanol–water partition coefficient (Wildman–Crippen LogP) is 1.44. The van der Waals surface area contributed by atoms with Crippen LogP contribution in [0, 0.1) is 6.92 Å². The molecule has 0 fully saturated rings. The predicted molar refractivity (Wildman–Crippen MR) is 76.7 cm³/mol. The Hall–Kier alpha value is -2.43. The first kappa shape index (κ1) is 14.0. The summed E-state index contributed by atoms with van der Waals surface area (Å²) in [7, 11) is 0. The van der Waals surface area contributed by atoms with Crippen molar-refractivity contribution in [3.63, 3.8) is 0 Å². The molecule has 0 aliphatic carbocycles. The fourth-order valence-corrected chi connectivity index (χ4v) is 2.04. The molecule has 1 amide bonds. The minimum absolute atomic E-state index is 0.0358. The number of aryl methyl sites for hydroxylation is 1. The molecule has 0 saturated heterocycles. The molecular formula is C15H17N3O2. The Kier molecular flexibility index (Phi) is 4.30. The average Bonchev–Trinajstić information content (AvgIpc) is 2.38. The van der Waals surface area contributed by atoms with Crippen molar-refractivity contribution >= 4 is 5.91 Å². The molecule has 0 radical (unpaired) electrons. The Bertz CT molecular complexity index is 650.